The number of carbonyl (C=O) groups is 1. The van der Waals surface area contributed by atoms with Gasteiger partial charge in [-0.3, -0.25) is 4.79 Å². The zero-order valence-corrected chi connectivity index (χ0v) is 16.8. The minimum Gasteiger partial charge on any atom is -0.593 e. The average molecular weight is 410 g/mol. The third-order valence-corrected chi connectivity index (χ3v) is 6.55. The van der Waals surface area contributed by atoms with Crippen LogP contribution in [-0.4, -0.2) is 51.8 Å². The van der Waals surface area contributed by atoms with E-state index in [1.165, 1.54) is 0 Å². The molecule has 150 valence electrons. The predicted octanol–water partition coefficient (Wildman–Crippen LogP) is 2.19. The minimum absolute atomic E-state index is 0.113. The maximum Gasteiger partial charge on any atom is 0.227 e. The number of carbonyl (C=O) groups excluding carboxylic acids is 1. The molecule has 0 saturated carbocycles. The highest BCUT2D eigenvalue weighted by Crippen LogP contribution is 2.28. The summed E-state index contributed by atoms with van der Waals surface area (Å²) in [6.07, 6.45) is 8.52. The SMILES string of the molecule is N#Cc1c[nH]c2c(N[S+]([O-])C3C=C(CC(=O)N4CCNCC4)C=CC3)cccc12. The van der Waals surface area contributed by atoms with Crippen molar-refractivity contribution < 1.29 is 9.35 Å². The van der Waals surface area contributed by atoms with E-state index in [-0.39, 0.29) is 11.2 Å². The zero-order chi connectivity index (χ0) is 20.2. The van der Waals surface area contributed by atoms with E-state index in [9.17, 15) is 14.6 Å². The Morgan fingerprint density at radius 3 is 3.00 bits per heavy atom. The van der Waals surface area contributed by atoms with Crippen molar-refractivity contribution in [1.82, 2.24) is 15.2 Å². The molecule has 2 atom stereocenters. The largest absolute Gasteiger partial charge is 0.593 e. The number of nitrogens with zero attached hydrogens (tertiary/aromatic N) is 2. The molecule has 4 rings (SSSR count). The molecule has 1 aliphatic heterocycles. The Morgan fingerprint density at radius 2 is 2.21 bits per heavy atom. The molecule has 1 aromatic heterocycles. The maximum atomic E-state index is 13.0. The van der Waals surface area contributed by atoms with E-state index in [4.69, 9.17) is 0 Å². The minimum atomic E-state index is -1.36. The highest BCUT2D eigenvalue weighted by molar-refractivity contribution is 7.93. The zero-order valence-electron chi connectivity index (χ0n) is 16.0. The number of rotatable bonds is 5. The van der Waals surface area contributed by atoms with Crippen molar-refractivity contribution in [2.75, 3.05) is 30.9 Å². The van der Waals surface area contributed by atoms with Crippen molar-refractivity contribution in [3.8, 4) is 6.07 Å². The first kappa shape index (κ1) is 19.6. The Morgan fingerprint density at radius 1 is 1.38 bits per heavy atom. The highest BCUT2D eigenvalue weighted by atomic mass is 32.2. The van der Waals surface area contributed by atoms with Gasteiger partial charge < -0.3 is 19.8 Å². The number of hydrogen-bond acceptors (Lipinski definition) is 5. The fraction of sp³-hybridized carbons (Fsp3) is 0.333. The summed E-state index contributed by atoms with van der Waals surface area (Å²) in [7, 11) is 0. The van der Waals surface area contributed by atoms with Gasteiger partial charge in [0.2, 0.25) is 5.91 Å². The first-order chi connectivity index (χ1) is 14.2. The molecule has 1 aliphatic carbocycles. The lowest BCUT2D eigenvalue weighted by molar-refractivity contribution is -0.130. The number of aromatic nitrogens is 1. The molecule has 0 radical (unpaired) electrons. The Balaban J connectivity index is 1.44. The molecule has 29 heavy (non-hydrogen) atoms. The van der Waals surface area contributed by atoms with Gasteiger partial charge in [-0.05, 0) is 17.7 Å². The standard InChI is InChI=1S/C21H23N5O2S/c22-13-16-14-24-21-18(16)5-2-6-19(21)25-29(28)17-4-1-3-15(11-17)12-20(27)26-9-7-23-8-10-26/h1-3,5-6,11,14,17,23-25H,4,7-10,12H2. The molecule has 0 spiro atoms. The topological polar surface area (TPSA) is 107 Å². The van der Waals surface area contributed by atoms with Crippen LogP contribution in [0.15, 0.2) is 48.2 Å². The first-order valence-corrected chi connectivity index (χ1v) is 10.9. The van der Waals surface area contributed by atoms with Crippen LogP contribution in [0.1, 0.15) is 18.4 Å². The van der Waals surface area contributed by atoms with E-state index in [2.05, 4.69) is 21.1 Å². The second-order valence-electron chi connectivity index (χ2n) is 7.17. The summed E-state index contributed by atoms with van der Waals surface area (Å²) in [5, 5.41) is 13.0. The highest BCUT2D eigenvalue weighted by Gasteiger charge is 2.25. The van der Waals surface area contributed by atoms with E-state index < -0.39 is 11.4 Å². The predicted molar refractivity (Wildman–Crippen MR) is 114 cm³/mol. The van der Waals surface area contributed by atoms with Crippen LogP contribution in [0, 0.1) is 11.3 Å². The molecule has 2 aromatic rings. The van der Waals surface area contributed by atoms with Gasteiger partial charge in [0, 0.05) is 44.2 Å². The molecule has 0 bridgehead atoms. The molecular weight excluding hydrogens is 386 g/mol. The number of anilines is 1. The molecule has 2 unspecified atom stereocenters. The fourth-order valence-corrected chi connectivity index (χ4v) is 4.82. The maximum absolute atomic E-state index is 13.0. The van der Waals surface area contributed by atoms with Crippen molar-refractivity contribution in [3.05, 3.63) is 53.8 Å². The third kappa shape index (κ3) is 4.32. The number of amides is 1. The number of aromatic amines is 1. The van der Waals surface area contributed by atoms with Crippen LogP contribution in [0.4, 0.5) is 5.69 Å². The average Bonchev–Trinajstić information content (AvgIpc) is 3.19. The normalized spacial score (nSPS) is 20.2. The Bertz CT molecular complexity index is 1000. The first-order valence-electron chi connectivity index (χ1n) is 9.69. The molecule has 7 nitrogen and oxygen atoms in total. The third-order valence-electron chi connectivity index (χ3n) is 5.25. The Labute approximate surface area is 172 Å². The molecule has 2 heterocycles. The van der Waals surface area contributed by atoms with Crippen molar-refractivity contribution in [3.63, 3.8) is 0 Å². The number of piperazine rings is 1. The second-order valence-corrected chi connectivity index (χ2v) is 8.57. The summed E-state index contributed by atoms with van der Waals surface area (Å²) >= 11 is -1.36. The van der Waals surface area contributed by atoms with Crippen LogP contribution in [-0.2, 0) is 16.2 Å². The summed E-state index contributed by atoms with van der Waals surface area (Å²) in [6, 6.07) is 7.69. The summed E-state index contributed by atoms with van der Waals surface area (Å²) < 4.78 is 16.0. The van der Waals surface area contributed by atoms with E-state index in [1.54, 1.807) is 6.20 Å². The monoisotopic (exact) mass is 409 g/mol. The molecule has 1 saturated heterocycles. The number of nitriles is 1. The molecule has 1 amide bonds. The number of nitrogens with one attached hydrogen (secondary N) is 3. The molecule has 1 fully saturated rings. The van der Waals surface area contributed by atoms with E-state index in [1.807, 2.05) is 41.3 Å². The lowest BCUT2D eigenvalue weighted by Gasteiger charge is -2.28. The van der Waals surface area contributed by atoms with Crippen LogP contribution in [0.3, 0.4) is 0 Å². The molecule has 8 heteroatoms. The van der Waals surface area contributed by atoms with Crippen LogP contribution in [0.5, 0.6) is 0 Å². The van der Waals surface area contributed by atoms with Gasteiger partial charge in [0.25, 0.3) is 0 Å². The lowest BCUT2D eigenvalue weighted by atomic mass is 10.0. The van der Waals surface area contributed by atoms with Crippen molar-refractivity contribution >= 4 is 33.9 Å². The van der Waals surface area contributed by atoms with Gasteiger partial charge in [0.15, 0.2) is 5.25 Å². The number of allylic oxidation sites excluding steroid dienone is 2. The van der Waals surface area contributed by atoms with Crippen LogP contribution >= 0.6 is 0 Å². The van der Waals surface area contributed by atoms with E-state index in [0.717, 1.165) is 42.7 Å². The van der Waals surface area contributed by atoms with Gasteiger partial charge in [0.1, 0.15) is 11.8 Å². The fourth-order valence-electron chi connectivity index (χ4n) is 3.70. The van der Waals surface area contributed by atoms with Gasteiger partial charge in [-0.2, -0.15) is 5.26 Å². The molecular formula is C21H23N5O2S. The number of H-pyrrole nitrogens is 1. The van der Waals surface area contributed by atoms with Crippen molar-refractivity contribution in [2.45, 2.75) is 18.1 Å². The van der Waals surface area contributed by atoms with Gasteiger partial charge >= 0.3 is 0 Å². The van der Waals surface area contributed by atoms with E-state index >= 15 is 0 Å². The summed E-state index contributed by atoms with van der Waals surface area (Å²) in [5.74, 6) is 0.113. The van der Waals surface area contributed by atoms with Crippen molar-refractivity contribution in [1.29, 1.82) is 5.26 Å². The lowest BCUT2D eigenvalue weighted by Crippen LogP contribution is -2.46. The molecule has 2 aliphatic rings. The number of benzene rings is 1. The number of para-hydroxylation sites is 1. The quantitative estimate of drug-likeness (QED) is 0.656. The summed E-state index contributed by atoms with van der Waals surface area (Å²) in [6.45, 7) is 3.12. The van der Waals surface area contributed by atoms with E-state index in [0.29, 0.717) is 24.1 Å². The van der Waals surface area contributed by atoms with Crippen LogP contribution < -0.4 is 10.0 Å². The van der Waals surface area contributed by atoms with Crippen LogP contribution in [0.2, 0.25) is 0 Å². The summed E-state index contributed by atoms with van der Waals surface area (Å²) in [4.78, 5) is 17.5. The van der Waals surface area contributed by atoms with Gasteiger partial charge in [-0.25, -0.2) is 4.72 Å². The second kappa shape index (κ2) is 8.74. The van der Waals surface area contributed by atoms with Gasteiger partial charge in [0.05, 0.1) is 28.9 Å². The number of fused-ring (bicyclic) bond motifs is 1. The molecule has 3 N–H and O–H groups in total. The van der Waals surface area contributed by atoms with Gasteiger partial charge in [-0.15, -0.1) is 0 Å². The molecule has 1 aromatic carbocycles. The number of hydrogen-bond donors (Lipinski definition) is 3. The van der Waals surface area contributed by atoms with Crippen molar-refractivity contribution in [2.24, 2.45) is 0 Å². The Kier molecular flexibility index (Phi) is 5.90. The Hall–Kier alpha value is -2.73. The summed E-state index contributed by atoms with van der Waals surface area (Å²) in [5.41, 5.74) is 2.93. The smallest absolute Gasteiger partial charge is 0.227 e. The van der Waals surface area contributed by atoms with Crippen LogP contribution in [0.25, 0.3) is 10.9 Å². The van der Waals surface area contributed by atoms with Gasteiger partial charge in [-0.1, -0.05) is 24.3 Å².